The molecule has 1 amide bonds. The van der Waals surface area contributed by atoms with E-state index in [1.165, 1.54) is 4.90 Å². The van der Waals surface area contributed by atoms with Gasteiger partial charge in [-0.3, -0.25) is 19.5 Å². The summed E-state index contributed by atoms with van der Waals surface area (Å²) in [5.74, 6) is -1.66. The maximum Gasteiger partial charge on any atom is 0.300 e. The number of rotatable bonds is 3. The van der Waals surface area contributed by atoms with Crippen LogP contribution in [0.3, 0.4) is 0 Å². The Labute approximate surface area is 172 Å². The van der Waals surface area contributed by atoms with Gasteiger partial charge in [-0.05, 0) is 30.3 Å². The minimum Gasteiger partial charge on any atom is -0.507 e. The number of ketones is 1. The first-order valence-corrected chi connectivity index (χ1v) is 9.50. The summed E-state index contributed by atoms with van der Waals surface area (Å²) < 4.78 is 0. The van der Waals surface area contributed by atoms with E-state index in [1.807, 2.05) is 30.3 Å². The van der Waals surface area contributed by atoms with Crippen molar-refractivity contribution in [3.8, 4) is 0 Å². The van der Waals surface area contributed by atoms with Crippen molar-refractivity contribution in [2.45, 2.75) is 6.04 Å². The molecule has 1 aliphatic rings. The predicted molar refractivity (Wildman–Crippen MR) is 114 cm³/mol. The van der Waals surface area contributed by atoms with Crippen molar-refractivity contribution in [1.82, 2.24) is 9.97 Å². The van der Waals surface area contributed by atoms with Gasteiger partial charge in [0.25, 0.3) is 11.7 Å². The van der Waals surface area contributed by atoms with Gasteiger partial charge in [0.15, 0.2) is 0 Å². The largest absolute Gasteiger partial charge is 0.507 e. The Kier molecular flexibility index (Phi) is 4.17. The summed E-state index contributed by atoms with van der Waals surface area (Å²) in [6.45, 7) is 0. The number of hydrogen-bond donors (Lipinski definition) is 2. The third kappa shape index (κ3) is 2.69. The smallest absolute Gasteiger partial charge is 0.300 e. The molecule has 1 atom stereocenters. The van der Waals surface area contributed by atoms with Gasteiger partial charge < -0.3 is 10.1 Å². The number of anilines is 1. The number of carbonyl (C=O) groups is 2. The quantitative estimate of drug-likeness (QED) is 0.309. The highest BCUT2D eigenvalue weighted by atomic mass is 16.3. The highest BCUT2D eigenvalue weighted by Crippen LogP contribution is 2.42. The average molecular weight is 395 g/mol. The molecule has 0 spiro atoms. The lowest BCUT2D eigenvalue weighted by Gasteiger charge is -2.24. The molecule has 1 aliphatic heterocycles. The highest BCUT2D eigenvalue weighted by Gasteiger charge is 2.47. The molecule has 2 N–H and O–H groups in total. The van der Waals surface area contributed by atoms with Crippen LogP contribution in [0.1, 0.15) is 17.3 Å². The fourth-order valence-electron chi connectivity index (χ4n) is 3.92. The van der Waals surface area contributed by atoms with Gasteiger partial charge in [-0.1, -0.05) is 42.5 Å². The lowest BCUT2D eigenvalue weighted by atomic mass is 9.98. The second-order valence-corrected chi connectivity index (χ2v) is 7.01. The second-order valence-electron chi connectivity index (χ2n) is 7.01. The number of aromatic nitrogens is 2. The van der Waals surface area contributed by atoms with E-state index >= 15 is 0 Å². The van der Waals surface area contributed by atoms with E-state index in [0.29, 0.717) is 16.9 Å². The summed E-state index contributed by atoms with van der Waals surface area (Å²) in [5, 5.41) is 12.0. The maximum absolute atomic E-state index is 13.1. The van der Waals surface area contributed by atoms with Crippen LogP contribution in [0.2, 0.25) is 0 Å². The van der Waals surface area contributed by atoms with Gasteiger partial charge in [0.05, 0.1) is 11.3 Å². The van der Waals surface area contributed by atoms with Gasteiger partial charge in [-0.2, -0.15) is 0 Å². The number of benzene rings is 2. The lowest BCUT2D eigenvalue weighted by molar-refractivity contribution is -0.132. The molecule has 146 valence electrons. The number of aliphatic hydroxyl groups excluding tert-OH is 1. The zero-order valence-corrected chi connectivity index (χ0v) is 15.8. The van der Waals surface area contributed by atoms with Crippen LogP contribution in [-0.4, -0.2) is 26.8 Å². The zero-order valence-electron chi connectivity index (χ0n) is 15.8. The summed E-state index contributed by atoms with van der Waals surface area (Å²) >= 11 is 0. The topological polar surface area (TPSA) is 86.3 Å². The SMILES string of the molecule is O=C1C(=O)N(c2ccccc2)C(c2ccccn2)/C1=C(/O)c1c[nH]c2ccccc12. The summed E-state index contributed by atoms with van der Waals surface area (Å²) in [6, 6.07) is 20.9. The molecule has 1 saturated heterocycles. The van der Waals surface area contributed by atoms with Crippen molar-refractivity contribution in [3.05, 3.63) is 102 Å². The third-order valence-corrected chi connectivity index (χ3v) is 5.29. The Hall–Kier alpha value is -4.19. The van der Waals surface area contributed by atoms with Crippen molar-refractivity contribution in [2.24, 2.45) is 0 Å². The number of Topliss-reactive ketones (excluding diaryl/α,β-unsaturated/α-hetero) is 1. The van der Waals surface area contributed by atoms with E-state index in [4.69, 9.17) is 0 Å². The molecule has 4 aromatic rings. The van der Waals surface area contributed by atoms with Crippen molar-refractivity contribution in [1.29, 1.82) is 0 Å². The van der Waals surface area contributed by atoms with Gasteiger partial charge >= 0.3 is 0 Å². The van der Waals surface area contributed by atoms with E-state index in [-0.39, 0.29) is 11.3 Å². The van der Waals surface area contributed by atoms with Crippen molar-refractivity contribution < 1.29 is 14.7 Å². The molecule has 2 aromatic carbocycles. The van der Waals surface area contributed by atoms with E-state index in [9.17, 15) is 14.7 Å². The molecule has 5 rings (SSSR count). The molecule has 0 aliphatic carbocycles. The normalized spacial score (nSPS) is 18.3. The first-order chi connectivity index (χ1) is 14.7. The number of aliphatic hydroxyl groups is 1. The summed E-state index contributed by atoms with van der Waals surface area (Å²) in [5.41, 5.74) is 2.38. The number of para-hydroxylation sites is 2. The van der Waals surface area contributed by atoms with Gasteiger partial charge in [-0.25, -0.2) is 0 Å². The zero-order chi connectivity index (χ0) is 20.7. The molecule has 30 heavy (non-hydrogen) atoms. The van der Waals surface area contributed by atoms with Gasteiger partial charge in [0, 0.05) is 34.5 Å². The Morgan fingerprint density at radius 3 is 2.43 bits per heavy atom. The summed E-state index contributed by atoms with van der Waals surface area (Å²) in [4.78, 5) is 35.0. The Bertz CT molecular complexity index is 1290. The van der Waals surface area contributed by atoms with Gasteiger partial charge in [0.1, 0.15) is 11.8 Å². The molecule has 6 nitrogen and oxygen atoms in total. The Balaban J connectivity index is 1.76. The van der Waals surface area contributed by atoms with Crippen LogP contribution in [0, 0.1) is 0 Å². The molecule has 2 aromatic heterocycles. The van der Waals surface area contributed by atoms with Crippen LogP contribution in [0.4, 0.5) is 5.69 Å². The highest BCUT2D eigenvalue weighted by molar-refractivity contribution is 6.51. The van der Waals surface area contributed by atoms with Crippen LogP contribution in [0.15, 0.2) is 90.8 Å². The van der Waals surface area contributed by atoms with E-state index in [1.54, 1.807) is 54.9 Å². The molecular formula is C24H17N3O3. The molecule has 0 bridgehead atoms. The number of aromatic amines is 1. The first-order valence-electron chi connectivity index (χ1n) is 9.50. The number of H-pyrrole nitrogens is 1. The number of hydrogen-bond acceptors (Lipinski definition) is 4. The minimum atomic E-state index is -0.831. The minimum absolute atomic E-state index is 0.0207. The fourth-order valence-corrected chi connectivity index (χ4v) is 3.92. The summed E-state index contributed by atoms with van der Waals surface area (Å²) in [7, 11) is 0. The number of nitrogens with zero attached hydrogens (tertiary/aromatic N) is 2. The van der Waals surface area contributed by atoms with Crippen LogP contribution in [0.25, 0.3) is 16.7 Å². The number of amides is 1. The van der Waals surface area contributed by atoms with Crippen LogP contribution in [-0.2, 0) is 9.59 Å². The maximum atomic E-state index is 13.1. The monoisotopic (exact) mass is 395 g/mol. The van der Waals surface area contributed by atoms with E-state index in [2.05, 4.69) is 9.97 Å². The molecule has 0 saturated carbocycles. The standard InChI is InChI=1S/C24H17N3O3/c28-22(17-14-26-18-11-5-4-10-16(17)18)20-21(19-12-6-7-13-25-19)27(24(30)23(20)29)15-8-2-1-3-9-15/h1-14,21,26,28H/b22-20-. The molecular weight excluding hydrogens is 378 g/mol. The van der Waals surface area contributed by atoms with E-state index < -0.39 is 17.7 Å². The number of pyridine rings is 1. The summed E-state index contributed by atoms with van der Waals surface area (Å²) in [6.07, 6.45) is 3.25. The molecule has 1 fully saturated rings. The average Bonchev–Trinajstić information content (AvgIpc) is 3.34. The van der Waals surface area contributed by atoms with Crippen molar-refractivity contribution in [3.63, 3.8) is 0 Å². The van der Waals surface area contributed by atoms with Gasteiger partial charge in [-0.15, -0.1) is 0 Å². The molecule has 3 heterocycles. The first kappa shape index (κ1) is 17.9. The van der Waals surface area contributed by atoms with E-state index in [0.717, 1.165) is 10.9 Å². The van der Waals surface area contributed by atoms with Gasteiger partial charge in [0.2, 0.25) is 0 Å². The second kappa shape index (κ2) is 7.00. The molecule has 6 heteroatoms. The third-order valence-electron chi connectivity index (χ3n) is 5.29. The number of fused-ring (bicyclic) bond motifs is 1. The lowest BCUT2D eigenvalue weighted by Crippen LogP contribution is -2.29. The van der Waals surface area contributed by atoms with Crippen molar-refractivity contribution >= 4 is 34.0 Å². The Morgan fingerprint density at radius 1 is 0.933 bits per heavy atom. The van der Waals surface area contributed by atoms with Crippen LogP contribution in [0.5, 0.6) is 0 Å². The fraction of sp³-hybridized carbons (Fsp3) is 0.0417. The number of nitrogens with one attached hydrogen (secondary N) is 1. The van der Waals surface area contributed by atoms with Crippen LogP contribution < -0.4 is 4.90 Å². The molecule has 1 unspecified atom stereocenters. The molecule has 0 radical (unpaired) electrons. The van der Waals surface area contributed by atoms with Crippen molar-refractivity contribution in [2.75, 3.05) is 4.90 Å². The Morgan fingerprint density at radius 2 is 1.67 bits per heavy atom. The predicted octanol–water partition coefficient (Wildman–Crippen LogP) is 4.19. The number of carbonyl (C=O) groups excluding carboxylic acids is 2. The van der Waals surface area contributed by atoms with Crippen LogP contribution >= 0.6 is 0 Å².